The second kappa shape index (κ2) is 4.14. The normalized spacial score (nSPS) is 10.1. The third-order valence-corrected chi connectivity index (χ3v) is 2.13. The highest BCUT2D eigenvalue weighted by Crippen LogP contribution is 2.06. The fourth-order valence-corrected chi connectivity index (χ4v) is 1.44. The Labute approximate surface area is 93.2 Å². The molecule has 2 heterocycles. The summed E-state index contributed by atoms with van der Waals surface area (Å²) in [4.78, 5) is 19.9. The zero-order chi connectivity index (χ0) is 11.5. The molecular formula is C11H12N4O. The van der Waals surface area contributed by atoms with Crippen LogP contribution in [-0.4, -0.2) is 20.6 Å². The molecule has 1 amide bonds. The molecule has 1 N–H and O–H groups in total. The van der Waals surface area contributed by atoms with Crippen molar-refractivity contribution in [2.75, 3.05) is 5.32 Å². The Kier molecular flexibility index (Phi) is 2.68. The highest BCUT2D eigenvalue weighted by Gasteiger charge is 2.09. The van der Waals surface area contributed by atoms with E-state index in [0.717, 1.165) is 5.69 Å². The Morgan fingerprint density at radius 2 is 2.25 bits per heavy atom. The molecular weight excluding hydrogens is 204 g/mol. The molecule has 5 nitrogen and oxygen atoms in total. The summed E-state index contributed by atoms with van der Waals surface area (Å²) in [7, 11) is 0. The van der Waals surface area contributed by atoms with E-state index in [0.29, 0.717) is 11.5 Å². The van der Waals surface area contributed by atoms with Gasteiger partial charge >= 0.3 is 6.03 Å². The van der Waals surface area contributed by atoms with Crippen LogP contribution in [0, 0.1) is 13.8 Å². The number of hydrogen-bond acceptors (Lipinski definition) is 3. The van der Waals surface area contributed by atoms with Gasteiger partial charge in [0, 0.05) is 12.4 Å². The first-order valence-corrected chi connectivity index (χ1v) is 4.91. The zero-order valence-electron chi connectivity index (χ0n) is 9.14. The lowest BCUT2D eigenvalue weighted by Gasteiger charge is -2.05. The Hall–Kier alpha value is -2.17. The van der Waals surface area contributed by atoms with Crippen LogP contribution in [0.5, 0.6) is 0 Å². The molecule has 0 radical (unpaired) electrons. The van der Waals surface area contributed by atoms with Crippen molar-refractivity contribution in [2.45, 2.75) is 13.8 Å². The van der Waals surface area contributed by atoms with Gasteiger partial charge in [0.1, 0.15) is 5.82 Å². The third-order valence-electron chi connectivity index (χ3n) is 2.13. The second-order valence-corrected chi connectivity index (χ2v) is 3.47. The van der Waals surface area contributed by atoms with Gasteiger partial charge in [-0.3, -0.25) is 9.55 Å². The lowest BCUT2D eigenvalue weighted by atomic mass is 10.4. The van der Waals surface area contributed by atoms with Gasteiger partial charge in [0.05, 0.1) is 17.6 Å². The van der Waals surface area contributed by atoms with Crippen LogP contribution < -0.4 is 5.32 Å². The topological polar surface area (TPSA) is 59.8 Å². The molecule has 2 aromatic rings. The van der Waals surface area contributed by atoms with E-state index >= 15 is 0 Å². The van der Waals surface area contributed by atoms with E-state index in [-0.39, 0.29) is 6.03 Å². The maximum absolute atomic E-state index is 11.8. The van der Waals surface area contributed by atoms with Crippen LogP contribution in [0.2, 0.25) is 0 Å². The highest BCUT2D eigenvalue weighted by molar-refractivity contribution is 5.91. The number of anilines is 1. The van der Waals surface area contributed by atoms with Crippen molar-refractivity contribution >= 4 is 11.7 Å². The molecule has 0 aliphatic rings. The minimum Gasteiger partial charge on any atom is -0.306 e. The van der Waals surface area contributed by atoms with Gasteiger partial charge in [-0.1, -0.05) is 0 Å². The molecule has 5 heteroatoms. The molecule has 0 fully saturated rings. The second-order valence-electron chi connectivity index (χ2n) is 3.47. The monoisotopic (exact) mass is 216 g/mol. The summed E-state index contributed by atoms with van der Waals surface area (Å²) in [6.45, 7) is 3.64. The van der Waals surface area contributed by atoms with E-state index < -0.39 is 0 Å². The summed E-state index contributed by atoms with van der Waals surface area (Å²) in [5, 5.41) is 2.73. The molecule has 2 aromatic heterocycles. The molecule has 0 bridgehead atoms. The highest BCUT2D eigenvalue weighted by atomic mass is 16.2. The first-order valence-electron chi connectivity index (χ1n) is 4.91. The van der Waals surface area contributed by atoms with Gasteiger partial charge in [-0.25, -0.2) is 9.78 Å². The first kappa shape index (κ1) is 10.4. The van der Waals surface area contributed by atoms with Crippen LogP contribution in [0.4, 0.5) is 10.5 Å². The number of aromatic nitrogens is 3. The van der Waals surface area contributed by atoms with E-state index in [1.165, 1.54) is 4.57 Å². The standard InChI is InChI=1S/C11H12N4O/c1-8-7-15(9(2)13-8)11(16)14-10-4-3-5-12-6-10/h3-7H,1-2H3,(H,14,16). The number of hydrogen-bond donors (Lipinski definition) is 1. The lowest BCUT2D eigenvalue weighted by Crippen LogP contribution is -2.19. The molecule has 82 valence electrons. The van der Waals surface area contributed by atoms with Crippen LogP contribution in [0.25, 0.3) is 0 Å². The molecule has 0 unspecified atom stereocenters. The number of nitrogens with zero attached hydrogens (tertiary/aromatic N) is 3. The number of carbonyl (C=O) groups excluding carboxylic acids is 1. The maximum Gasteiger partial charge on any atom is 0.331 e. The molecule has 0 aliphatic heterocycles. The molecule has 0 saturated heterocycles. The first-order chi connectivity index (χ1) is 7.66. The predicted molar refractivity (Wildman–Crippen MR) is 60.4 cm³/mol. The Bertz CT molecular complexity index is 504. The third kappa shape index (κ3) is 2.08. The summed E-state index contributed by atoms with van der Waals surface area (Å²) in [5.74, 6) is 0.666. The van der Waals surface area contributed by atoms with Gasteiger partial charge in [-0.05, 0) is 26.0 Å². The SMILES string of the molecule is Cc1cn(C(=O)Nc2cccnc2)c(C)n1. The van der Waals surface area contributed by atoms with Crippen molar-refractivity contribution in [2.24, 2.45) is 0 Å². The fourth-order valence-electron chi connectivity index (χ4n) is 1.44. The van der Waals surface area contributed by atoms with Crippen LogP contribution in [0.1, 0.15) is 11.5 Å². The lowest BCUT2D eigenvalue weighted by molar-refractivity contribution is 0.253. The summed E-state index contributed by atoms with van der Waals surface area (Å²) >= 11 is 0. The number of rotatable bonds is 1. The minimum absolute atomic E-state index is 0.230. The van der Waals surface area contributed by atoms with Crippen molar-refractivity contribution in [1.82, 2.24) is 14.5 Å². The van der Waals surface area contributed by atoms with Crippen molar-refractivity contribution in [3.05, 3.63) is 42.2 Å². The summed E-state index contributed by atoms with van der Waals surface area (Å²) in [6.07, 6.45) is 4.94. The van der Waals surface area contributed by atoms with Gasteiger partial charge in [0.25, 0.3) is 0 Å². The largest absolute Gasteiger partial charge is 0.331 e. The van der Waals surface area contributed by atoms with E-state index in [1.54, 1.807) is 37.6 Å². The number of aryl methyl sites for hydroxylation is 2. The number of amides is 1. The van der Waals surface area contributed by atoms with Crippen molar-refractivity contribution in [3.63, 3.8) is 0 Å². The molecule has 0 atom stereocenters. The smallest absolute Gasteiger partial charge is 0.306 e. The van der Waals surface area contributed by atoms with Gasteiger partial charge in [0.15, 0.2) is 0 Å². The number of pyridine rings is 1. The minimum atomic E-state index is -0.230. The average Bonchev–Trinajstić information content (AvgIpc) is 2.59. The van der Waals surface area contributed by atoms with Crippen LogP contribution in [-0.2, 0) is 0 Å². The van der Waals surface area contributed by atoms with Crippen molar-refractivity contribution in [1.29, 1.82) is 0 Å². The van der Waals surface area contributed by atoms with E-state index in [4.69, 9.17) is 0 Å². The summed E-state index contributed by atoms with van der Waals surface area (Å²) in [6, 6.07) is 3.32. The zero-order valence-corrected chi connectivity index (χ0v) is 9.14. The van der Waals surface area contributed by atoms with Gasteiger partial charge in [0.2, 0.25) is 0 Å². The molecule has 0 aliphatic carbocycles. The fraction of sp³-hybridized carbons (Fsp3) is 0.182. The summed E-state index contributed by atoms with van der Waals surface area (Å²) < 4.78 is 1.47. The van der Waals surface area contributed by atoms with Gasteiger partial charge in [-0.2, -0.15) is 0 Å². The van der Waals surface area contributed by atoms with Crippen LogP contribution >= 0.6 is 0 Å². The predicted octanol–water partition coefficient (Wildman–Crippen LogP) is 1.98. The average molecular weight is 216 g/mol. The van der Waals surface area contributed by atoms with Crippen molar-refractivity contribution < 1.29 is 4.79 Å². The Morgan fingerprint density at radius 3 is 2.81 bits per heavy atom. The Balaban J connectivity index is 2.18. The van der Waals surface area contributed by atoms with E-state index in [2.05, 4.69) is 15.3 Å². The number of carbonyl (C=O) groups is 1. The van der Waals surface area contributed by atoms with Crippen LogP contribution in [0.3, 0.4) is 0 Å². The molecule has 2 rings (SSSR count). The Morgan fingerprint density at radius 1 is 1.44 bits per heavy atom. The van der Waals surface area contributed by atoms with Gasteiger partial charge < -0.3 is 5.32 Å². The maximum atomic E-state index is 11.8. The van der Waals surface area contributed by atoms with Crippen molar-refractivity contribution in [3.8, 4) is 0 Å². The van der Waals surface area contributed by atoms with Gasteiger partial charge in [-0.15, -0.1) is 0 Å². The van der Waals surface area contributed by atoms with E-state index in [9.17, 15) is 4.79 Å². The quantitative estimate of drug-likeness (QED) is 0.792. The number of imidazole rings is 1. The number of nitrogens with one attached hydrogen (secondary N) is 1. The van der Waals surface area contributed by atoms with E-state index in [1.807, 2.05) is 6.92 Å². The molecule has 0 aromatic carbocycles. The molecule has 16 heavy (non-hydrogen) atoms. The molecule has 0 spiro atoms. The summed E-state index contributed by atoms with van der Waals surface area (Å²) in [5.41, 5.74) is 1.48. The van der Waals surface area contributed by atoms with Crippen LogP contribution in [0.15, 0.2) is 30.7 Å². The molecule has 0 saturated carbocycles.